The van der Waals surface area contributed by atoms with Crippen molar-refractivity contribution in [3.05, 3.63) is 11.8 Å². The third-order valence-corrected chi connectivity index (χ3v) is 0.518. The van der Waals surface area contributed by atoms with Crippen LogP contribution >= 0.6 is 0 Å². The maximum absolute atomic E-state index is 9.90. The van der Waals surface area contributed by atoms with Crippen molar-refractivity contribution in [2.45, 2.75) is 6.32 Å². The summed E-state index contributed by atoms with van der Waals surface area (Å²) in [4.78, 5) is 9.90. The Bertz CT molecular complexity index is 119. The molecule has 0 bridgehead atoms. The Balaban J connectivity index is 3.75. The molecule has 0 amide bonds. The first-order valence-corrected chi connectivity index (χ1v) is 2.06. The van der Waals surface area contributed by atoms with Crippen LogP contribution in [0, 0.1) is 0 Å². The van der Waals surface area contributed by atoms with E-state index in [2.05, 4.69) is 7.85 Å². The van der Waals surface area contributed by atoms with Crippen LogP contribution in [-0.4, -0.2) is 26.5 Å². The van der Waals surface area contributed by atoms with Gasteiger partial charge in [-0.25, -0.2) is 0 Å². The molecule has 0 fully saturated rings. The molecule has 0 aromatic carbocycles. The Kier molecular flexibility index (Phi) is 3.08. The molecular weight excluding hydrogens is 102 g/mol. The van der Waals surface area contributed by atoms with Crippen molar-refractivity contribution >= 4 is 21.4 Å². The lowest BCUT2D eigenvalue weighted by Gasteiger charge is -1.88. The van der Waals surface area contributed by atoms with E-state index in [9.17, 15) is 4.79 Å². The van der Waals surface area contributed by atoms with E-state index in [1.165, 1.54) is 0 Å². The monoisotopic (exact) mass is 106 g/mol. The number of hydrogen-bond donors (Lipinski definition) is 1. The number of allylic oxidation sites excluding steroid dienone is 2. The number of rotatable bonds is 2. The second-order valence-corrected chi connectivity index (χ2v) is 1.24. The van der Waals surface area contributed by atoms with Crippen LogP contribution < -0.4 is 0 Å². The van der Waals surface area contributed by atoms with Crippen LogP contribution in [0.2, 0.25) is 6.32 Å². The lowest BCUT2D eigenvalue weighted by molar-refractivity contribution is -0.107. The van der Waals surface area contributed by atoms with Gasteiger partial charge >= 0.3 is 0 Å². The first-order valence-electron chi connectivity index (χ1n) is 2.06. The molecule has 0 heterocycles. The van der Waals surface area contributed by atoms with Gasteiger partial charge in [-0.2, -0.15) is 0 Å². The van der Waals surface area contributed by atoms with E-state index >= 15 is 0 Å². The molecule has 0 rings (SSSR count). The predicted molar refractivity (Wildman–Crippen MR) is 32.0 cm³/mol. The lowest BCUT2D eigenvalue weighted by atomic mass is 9.97. The minimum atomic E-state index is -0.687. The molecule has 0 aromatic rings. The molecule has 0 aromatic heterocycles. The van der Waals surface area contributed by atoms with E-state index in [1.807, 2.05) is 0 Å². The Labute approximate surface area is 50.4 Å². The topological polar surface area (TPSA) is 37.3 Å². The molecule has 0 spiro atoms. The summed E-state index contributed by atoms with van der Waals surface area (Å²) in [6, 6.07) is 0. The number of aliphatic hydroxyl groups excluding tert-OH is 1. The zero-order valence-corrected chi connectivity index (χ0v) is 4.29. The third-order valence-electron chi connectivity index (χ3n) is 0.518. The van der Waals surface area contributed by atoms with Gasteiger partial charge in [-0.15, -0.1) is 0 Å². The molecule has 0 unspecified atom stereocenters. The van der Waals surface area contributed by atoms with E-state index in [4.69, 9.17) is 13.0 Å². The Morgan fingerprint density at radius 1 is 1.75 bits per heavy atom. The summed E-state index contributed by atoms with van der Waals surface area (Å²) in [5.41, 5.74) is -0.687. The van der Waals surface area contributed by atoms with E-state index in [0.29, 0.717) is 0 Å². The highest BCUT2D eigenvalue weighted by Gasteiger charge is 1.87. The molecule has 0 saturated carbocycles. The van der Waals surface area contributed by atoms with Gasteiger partial charge in [0.1, 0.15) is 5.68 Å². The third kappa shape index (κ3) is 3.53. The van der Waals surface area contributed by atoms with Crippen molar-refractivity contribution in [2.24, 2.45) is 0 Å². The molecule has 4 heteroatoms. The van der Waals surface area contributed by atoms with E-state index in [0.717, 1.165) is 6.08 Å². The maximum atomic E-state index is 9.90. The SMILES string of the molecule is [B]CC(O)=CC([B])=O. The Hall–Kier alpha value is -0.660. The van der Waals surface area contributed by atoms with Gasteiger partial charge in [0.2, 0.25) is 0 Å². The van der Waals surface area contributed by atoms with Crippen molar-refractivity contribution in [1.82, 2.24) is 0 Å². The molecule has 2 nitrogen and oxygen atoms in total. The molecule has 0 aliphatic heterocycles. The zero-order chi connectivity index (χ0) is 6.57. The molecule has 0 aliphatic rings. The first kappa shape index (κ1) is 7.34. The van der Waals surface area contributed by atoms with Gasteiger partial charge in [0.05, 0.1) is 13.6 Å². The molecule has 1 N–H and O–H groups in total. The van der Waals surface area contributed by atoms with Crippen molar-refractivity contribution < 1.29 is 9.90 Å². The van der Waals surface area contributed by atoms with Crippen LogP contribution in [0.25, 0.3) is 0 Å². The minimum absolute atomic E-state index is 0.0526. The smallest absolute Gasteiger partial charge is 0.174 e. The second-order valence-electron chi connectivity index (χ2n) is 1.24. The fourth-order valence-corrected chi connectivity index (χ4v) is 0.223. The van der Waals surface area contributed by atoms with E-state index in [1.54, 1.807) is 0 Å². The number of aliphatic hydroxyl groups is 1. The van der Waals surface area contributed by atoms with Gasteiger partial charge < -0.3 is 9.90 Å². The molecule has 0 aliphatic carbocycles. The molecule has 8 heavy (non-hydrogen) atoms. The molecule has 0 atom stereocenters. The fraction of sp³-hybridized carbons (Fsp3) is 0.250. The zero-order valence-electron chi connectivity index (χ0n) is 4.29. The normalized spacial score (nSPS) is 11.2. The fourth-order valence-electron chi connectivity index (χ4n) is 0.223. The van der Waals surface area contributed by atoms with Gasteiger partial charge in [-0.05, 0) is 6.32 Å². The summed E-state index contributed by atoms with van der Waals surface area (Å²) in [5, 5.41) is 8.46. The number of carbonyl (C=O) groups excluding carboxylic acids is 1. The Morgan fingerprint density at radius 3 is 2.38 bits per heavy atom. The highest BCUT2D eigenvalue weighted by molar-refractivity contribution is 6.61. The average Bonchev–Trinajstić information content (AvgIpc) is 1.65. The van der Waals surface area contributed by atoms with Crippen molar-refractivity contribution in [2.75, 3.05) is 0 Å². The minimum Gasteiger partial charge on any atom is -0.513 e. The molecule has 38 valence electrons. The van der Waals surface area contributed by atoms with E-state index < -0.39 is 5.68 Å². The first-order chi connectivity index (χ1) is 3.66. The average molecular weight is 106 g/mol. The van der Waals surface area contributed by atoms with Crippen molar-refractivity contribution in [3.63, 3.8) is 0 Å². The summed E-state index contributed by atoms with van der Waals surface area (Å²) in [7, 11) is 9.53. The van der Waals surface area contributed by atoms with Crippen LogP contribution in [0.4, 0.5) is 0 Å². The van der Waals surface area contributed by atoms with Gasteiger partial charge in [-0.3, -0.25) is 0 Å². The summed E-state index contributed by atoms with van der Waals surface area (Å²) in [6.07, 6.45) is 0.822. The summed E-state index contributed by atoms with van der Waals surface area (Å²) in [5.74, 6) is -0.197. The molecule has 4 radical (unpaired) electrons. The summed E-state index contributed by atoms with van der Waals surface area (Å²) >= 11 is 0. The summed E-state index contributed by atoms with van der Waals surface area (Å²) < 4.78 is 0. The highest BCUT2D eigenvalue weighted by atomic mass is 16.3. The molecule has 0 saturated heterocycles. The van der Waals surface area contributed by atoms with Gasteiger partial charge in [0.25, 0.3) is 0 Å². The number of carbonyl (C=O) groups is 1. The largest absolute Gasteiger partial charge is 0.513 e. The quantitative estimate of drug-likeness (QED) is 0.298. The number of hydrogen-bond acceptors (Lipinski definition) is 2. The predicted octanol–water partition coefficient (Wildman–Crippen LogP) is -0.290. The standard InChI is InChI=1S/C4H4B2O2/c5-2-3(7)1-4(6)8/h1,7H,2H2. The maximum Gasteiger partial charge on any atom is 0.174 e. The van der Waals surface area contributed by atoms with Gasteiger partial charge in [-0.1, -0.05) is 0 Å². The van der Waals surface area contributed by atoms with Crippen LogP contribution in [-0.2, 0) is 4.79 Å². The Morgan fingerprint density at radius 2 is 2.25 bits per heavy atom. The molecular formula is C4H4B2O2. The van der Waals surface area contributed by atoms with Crippen LogP contribution in [0.15, 0.2) is 11.8 Å². The van der Waals surface area contributed by atoms with E-state index in [-0.39, 0.29) is 12.1 Å². The van der Waals surface area contributed by atoms with Crippen LogP contribution in [0.1, 0.15) is 0 Å². The van der Waals surface area contributed by atoms with Crippen molar-refractivity contribution in [3.8, 4) is 0 Å². The van der Waals surface area contributed by atoms with Gasteiger partial charge in [0.15, 0.2) is 7.85 Å². The van der Waals surface area contributed by atoms with Crippen LogP contribution in [0.5, 0.6) is 0 Å². The van der Waals surface area contributed by atoms with Crippen molar-refractivity contribution in [1.29, 1.82) is 0 Å². The lowest BCUT2D eigenvalue weighted by Crippen LogP contribution is -1.91. The summed E-state index contributed by atoms with van der Waals surface area (Å²) in [6.45, 7) is 0. The highest BCUT2D eigenvalue weighted by Crippen LogP contribution is 1.90. The van der Waals surface area contributed by atoms with Gasteiger partial charge in [0, 0.05) is 6.08 Å². The van der Waals surface area contributed by atoms with Crippen LogP contribution in [0.3, 0.4) is 0 Å². The second kappa shape index (κ2) is 3.36.